The molecule has 33 heavy (non-hydrogen) atoms. The van der Waals surface area contributed by atoms with Crippen molar-refractivity contribution in [2.45, 2.75) is 74.8 Å². The molecule has 0 aromatic heterocycles. The first-order chi connectivity index (χ1) is 16.3. The largest absolute Gasteiger partial charge is 0.301 e. The van der Waals surface area contributed by atoms with Crippen molar-refractivity contribution in [2.75, 3.05) is 32.8 Å². The van der Waals surface area contributed by atoms with Crippen molar-refractivity contribution in [3.63, 3.8) is 0 Å². The molecule has 1 N–H and O–H groups in total. The normalized spacial score (nSPS) is 35.2. The third kappa shape index (κ3) is 4.29. The van der Waals surface area contributed by atoms with Crippen molar-refractivity contribution in [1.29, 1.82) is 0 Å². The standard InChI is InChI=1S/C30H41N3/c1-4-12-24(13-5-1)26-20-30(33-18-8-3-9-19-33)21-27(25-14-6-2-7-15-25)29(26)28(22-30)31-23-32-16-10-11-17-32/h1-2,4-7,12-15,26-29,31H,3,8-11,16-23H2. The molecular weight excluding hydrogens is 402 g/mol. The highest BCUT2D eigenvalue weighted by Gasteiger charge is 2.57. The molecule has 2 heterocycles. The zero-order valence-electron chi connectivity index (χ0n) is 20.2. The molecule has 3 unspecified atom stereocenters. The monoisotopic (exact) mass is 443 g/mol. The summed E-state index contributed by atoms with van der Waals surface area (Å²) in [6, 6.07) is 23.6. The molecule has 3 aliphatic carbocycles. The van der Waals surface area contributed by atoms with Gasteiger partial charge in [-0.1, -0.05) is 67.1 Å². The second kappa shape index (κ2) is 9.52. The minimum Gasteiger partial charge on any atom is -0.301 e. The van der Waals surface area contributed by atoms with E-state index in [2.05, 4.69) is 75.8 Å². The Morgan fingerprint density at radius 1 is 0.667 bits per heavy atom. The number of benzene rings is 2. The van der Waals surface area contributed by atoms with Crippen molar-refractivity contribution in [3.8, 4) is 0 Å². The summed E-state index contributed by atoms with van der Waals surface area (Å²) in [5, 5.41) is 4.16. The fourth-order valence-corrected chi connectivity index (χ4v) is 7.96. The van der Waals surface area contributed by atoms with Crippen LogP contribution in [0, 0.1) is 5.92 Å². The van der Waals surface area contributed by atoms with Gasteiger partial charge in [-0.3, -0.25) is 9.80 Å². The Morgan fingerprint density at radius 3 is 1.79 bits per heavy atom. The smallest absolute Gasteiger partial charge is 0.0482 e. The van der Waals surface area contributed by atoms with Crippen molar-refractivity contribution in [3.05, 3.63) is 71.8 Å². The molecule has 3 heteroatoms. The van der Waals surface area contributed by atoms with Crippen LogP contribution in [0.25, 0.3) is 0 Å². The van der Waals surface area contributed by atoms with E-state index in [9.17, 15) is 0 Å². The van der Waals surface area contributed by atoms with E-state index in [1.54, 1.807) is 11.1 Å². The number of hydrogen-bond acceptors (Lipinski definition) is 3. The van der Waals surface area contributed by atoms with Gasteiger partial charge >= 0.3 is 0 Å². The minimum absolute atomic E-state index is 0.332. The fraction of sp³-hybridized carbons (Fsp3) is 0.600. The highest BCUT2D eigenvalue weighted by molar-refractivity contribution is 5.33. The molecule has 7 rings (SSSR count). The number of likely N-dealkylation sites (tertiary alicyclic amines) is 2. The maximum Gasteiger partial charge on any atom is 0.0482 e. The van der Waals surface area contributed by atoms with Crippen LogP contribution in [0.5, 0.6) is 0 Å². The second-order valence-electron chi connectivity index (χ2n) is 11.3. The Hall–Kier alpha value is -1.68. The molecule has 0 spiro atoms. The number of nitrogens with zero attached hydrogens (tertiary/aromatic N) is 2. The van der Waals surface area contributed by atoms with Crippen LogP contribution in [-0.2, 0) is 0 Å². The van der Waals surface area contributed by atoms with Gasteiger partial charge in [0.2, 0.25) is 0 Å². The number of fused-ring (bicyclic) bond motifs is 3. The quantitative estimate of drug-likeness (QED) is 0.627. The van der Waals surface area contributed by atoms with E-state index < -0.39 is 0 Å². The molecule has 2 saturated heterocycles. The van der Waals surface area contributed by atoms with Crippen LogP contribution in [0.4, 0.5) is 0 Å². The Morgan fingerprint density at radius 2 is 1.21 bits per heavy atom. The molecule has 2 bridgehead atoms. The molecule has 2 aliphatic heterocycles. The number of piperidine rings is 1. The van der Waals surface area contributed by atoms with E-state index in [0.29, 0.717) is 29.3 Å². The highest BCUT2D eigenvalue weighted by Crippen LogP contribution is 2.60. The van der Waals surface area contributed by atoms with Gasteiger partial charge in [0, 0.05) is 18.2 Å². The van der Waals surface area contributed by atoms with E-state index in [1.165, 1.54) is 77.5 Å². The molecule has 2 aromatic carbocycles. The van der Waals surface area contributed by atoms with Crippen molar-refractivity contribution < 1.29 is 0 Å². The van der Waals surface area contributed by atoms with Crippen LogP contribution in [0.15, 0.2) is 60.7 Å². The zero-order chi connectivity index (χ0) is 22.1. The van der Waals surface area contributed by atoms with Crippen LogP contribution >= 0.6 is 0 Å². The van der Waals surface area contributed by atoms with Crippen molar-refractivity contribution in [1.82, 2.24) is 15.1 Å². The second-order valence-corrected chi connectivity index (χ2v) is 11.3. The molecule has 5 fully saturated rings. The van der Waals surface area contributed by atoms with Crippen molar-refractivity contribution in [2.24, 2.45) is 5.92 Å². The third-order valence-electron chi connectivity index (χ3n) is 9.45. The van der Waals surface area contributed by atoms with E-state index in [0.717, 1.165) is 6.67 Å². The van der Waals surface area contributed by atoms with Gasteiger partial charge in [0.05, 0.1) is 0 Å². The van der Waals surface area contributed by atoms with Gasteiger partial charge in [0.25, 0.3) is 0 Å². The molecule has 0 radical (unpaired) electrons. The average Bonchev–Trinajstić information content (AvgIpc) is 3.43. The summed E-state index contributed by atoms with van der Waals surface area (Å²) >= 11 is 0. The van der Waals surface area contributed by atoms with Gasteiger partial charge in [0.1, 0.15) is 0 Å². The maximum absolute atomic E-state index is 4.16. The van der Waals surface area contributed by atoms with E-state index in [1.807, 2.05) is 0 Å². The van der Waals surface area contributed by atoms with E-state index in [-0.39, 0.29) is 0 Å². The van der Waals surface area contributed by atoms with E-state index >= 15 is 0 Å². The molecule has 0 amide bonds. The lowest BCUT2D eigenvalue weighted by atomic mass is 9.51. The zero-order valence-corrected chi connectivity index (χ0v) is 20.2. The summed E-state index contributed by atoms with van der Waals surface area (Å²) in [7, 11) is 0. The van der Waals surface area contributed by atoms with Gasteiger partial charge in [-0.25, -0.2) is 0 Å². The SMILES string of the molecule is c1ccc(C2CC3(N4CCCCC4)CC(NCN4CCCC4)C2C(c2ccccc2)C3)cc1. The Kier molecular flexibility index (Phi) is 6.30. The first-order valence-corrected chi connectivity index (χ1v) is 13.6. The summed E-state index contributed by atoms with van der Waals surface area (Å²) in [5.41, 5.74) is 3.47. The fourth-order valence-electron chi connectivity index (χ4n) is 7.96. The average molecular weight is 444 g/mol. The van der Waals surface area contributed by atoms with Crippen LogP contribution in [0.2, 0.25) is 0 Å². The lowest BCUT2D eigenvalue weighted by Gasteiger charge is -2.63. The lowest BCUT2D eigenvalue weighted by Crippen LogP contribution is -2.66. The molecule has 2 aromatic rings. The predicted molar refractivity (Wildman–Crippen MR) is 136 cm³/mol. The summed E-state index contributed by atoms with van der Waals surface area (Å²) in [6.07, 6.45) is 10.9. The van der Waals surface area contributed by atoms with Gasteiger partial charge in [0.15, 0.2) is 0 Å². The molecule has 3 saturated carbocycles. The number of nitrogens with one attached hydrogen (secondary N) is 1. The summed E-state index contributed by atoms with van der Waals surface area (Å²) < 4.78 is 0. The van der Waals surface area contributed by atoms with Crippen LogP contribution in [0.1, 0.15) is 74.3 Å². The van der Waals surface area contributed by atoms with Gasteiger partial charge < -0.3 is 5.32 Å². The van der Waals surface area contributed by atoms with Crippen LogP contribution in [-0.4, -0.2) is 54.2 Å². The lowest BCUT2D eigenvalue weighted by molar-refractivity contribution is -0.0642. The number of rotatable bonds is 6. The Labute approximate surface area is 200 Å². The number of hydrogen-bond donors (Lipinski definition) is 1. The first-order valence-electron chi connectivity index (χ1n) is 13.6. The molecule has 5 aliphatic rings. The Bertz CT molecular complexity index is 836. The van der Waals surface area contributed by atoms with E-state index in [4.69, 9.17) is 0 Å². The summed E-state index contributed by atoms with van der Waals surface area (Å²) in [4.78, 5) is 5.59. The van der Waals surface area contributed by atoms with Crippen LogP contribution < -0.4 is 5.32 Å². The van der Waals surface area contributed by atoms with Crippen LogP contribution in [0.3, 0.4) is 0 Å². The summed E-state index contributed by atoms with van der Waals surface area (Å²) in [6.45, 7) is 6.21. The molecule has 176 valence electrons. The van der Waals surface area contributed by atoms with Gasteiger partial charge in [-0.05, 0) is 100 Å². The van der Waals surface area contributed by atoms with Crippen molar-refractivity contribution >= 4 is 0 Å². The molecule has 3 nitrogen and oxygen atoms in total. The third-order valence-corrected chi connectivity index (χ3v) is 9.45. The maximum atomic E-state index is 4.16. The van der Waals surface area contributed by atoms with Gasteiger partial charge in [-0.2, -0.15) is 0 Å². The highest BCUT2D eigenvalue weighted by atomic mass is 15.3. The topological polar surface area (TPSA) is 18.5 Å². The molecular formula is C30H41N3. The van der Waals surface area contributed by atoms with Gasteiger partial charge in [-0.15, -0.1) is 0 Å². The predicted octanol–water partition coefficient (Wildman–Crippen LogP) is 5.60. The minimum atomic E-state index is 0.332. The Balaban J connectivity index is 1.39. The molecule has 3 atom stereocenters. The first kappa shape index (κ1) is 21.8. The summed E-state index contributed by atoms with van der Waals surface area (Å²) in [5.74, 6) is 1.94.